The zero-order valence-electron chi connectivity index (χ0n) is 10.3. The van der Waals surface area contributed by atoms with Gasteiger partial charge in [0.2, 0.25) is 0 Å². The lowest BCUT2D eigenvalue weighted by Gasteiger charge is -2.10. The number of carboxylic acid groups (broad SMARTS) is 1. The molecule has 1 unspecified atom stereocenters. The number of aromatic nitrogens is 1. The van der Waals surface area contributed by atoms with Gasteiger partial charge < -0.3 is 9.84 Å². The van der Waals surface area contributed by atoms with Crippen molar-refractivity contribution in [2.24, 2.45) is 5.92 Å². The van der Waals surface area contributed by atoms with E-state index >= 15 is 0 Å². The molecule has 1 aromatic heterocycles. The average molecular weight is 237 g/mol. The molecule has 4 heteroatoms. The van der Waals surface area contributed by atoms with Crippen molar-refractivity contribution in [1.82, 2.24) is 4.98 Å². The first-order valence-electron chi connectivity index (χ1n) is 5.95. The van der Waals surface area contributed by atoms with Crippen molar-refractivity contribution >= 4 is 5.97 Å². The minimum absolute atomic E-state index is 0.121. The van der Waals surface area contributed by atoms with E-state index in [2.05, 4.69) is 18.8 Å². The Hall–Kier alpha value is -1.58. The molecule has 0 aliphatic carbocycles. The van der Waals surface area contributed by atoms with E-state index in [0.29, 0.717) is 18.3 Å². The van der Waals surface area contributed by atoms with E-state index in [1.165, 1.54) is 12.4 Å². The van der Waals surface area contributed by atoms with Crippen molar-refractivity contribution in [3.63, 3.8) is 0 Å². The maximum absolute atomic E-state index is 10.9. The monoisotopic (exact) mass is 237 g/mol. The Balaban J connectivity index is 2.44. The summed E-state index contributed by atoms with van der Waals surface area (Å²) in [6, 6.07) is 1.59. The number of ether oxygens (including phenoxy) is 1. The molecule has 0 radical (unpaired) electrons. The van der Waals surface area contributed by atoms with E-state index in [9.17, 15) is 4.79 Å². The fourth-order valence-electron chi connectivity index (χ4n) is 1.49. The van der Waals surface area contributed by atoms with Gasteiger partial charge in [-0.25, -0.2) is 4.79 Å². The number of carboxylic acids is 1. The zero-order valence-corrected chi connectivity index (χ0v) is 10.3. The number of hydrogen-bond acceptors (Lipinski definition) is 3. The van der Waals surface area contributed by atoms with Crippen molar-refractivity contribution in [2.45, 2.75) is 33.1 Å². The van der Waals surface area contributed by atoms with E-state index in [0.717, 1.165) is 19.3 Å². The van der Waals surface area contributed by atoms with E-state index in [1.54, 1.807) is 6.07 Å². The van der Waals surface area contributed by atoms with Crippen LogP contribution in [0.3, 0.4) is 0 Å². The second-order valence-electron chi connectivity index (χ2n) is 4.18. The summed E-state index contributed by atoms with van der Waals surface area (Å²) in [7, 11) is 0. The minimum atomic E-state index is -1.00. The summed E-state index contributed by atoms with van der Waals surface area (Å²) in [4.78, 5) is 14.7. The second kappa shape index (κ2) is 6.89. The van der Waals surface area contributed by atoms with Crippen LogP contribution in [0.2, 0.25) is 0 Å². The van der Waals surface area contributed by atoms with Crippen LogP contribution < -0.4 is 4.74 Å². The molecule has 0 fully saturated rings. The van der Waals surface area contributed by atoms with Gasteiger partial charge in [0.1, 0.15) is 11.3 Å². The molecule has 1 N–H and O–H groups in total. The molecule has 0 saturated heterocycles. The molecule has 0 amide bonds. The summed E-state index contributed by atoms with van der Waals surface area (Å²) >= 11 is 0. The molecule has 0 spiro atoms. The van der Waals surface area contributed by atoms with Crippen LogP contribution in [0.15, 0.2) is 18.5 Å². The summed E-state index contributed by atoms with van der Waals surface area (Å²) in [6.07, 6.45) is 6.05. The highest BCUT2D eigenvalue weighted by Crippen LogP contribution is 2.17. The largest absolute Gasteiger partial charge is 0.493 e. The molecule has 0 aliphatic rings. The zero-order chi connectivity index (χ0) is 12.7. The lowest BCUT2D eigenvalue weighted by molar-refractivity contribution is 0.0691. The van der Waals surface area contributed by atoms with Crippen molar-refractivity contribution < 1.29 is 14.6 Å². The van der Waals surface area contributed by atoms with Crippen LogP contribution >= 0.6 is 0 Å². The number of hydrogen-bond donors (Lipinski definition) is 1. The Morgan fingerprint density at radius 2 is 2.35 bits per heavy atom. The quantitative estimate of drug-likeness (QED) is 0.740. The fourth-order valence-corrected chi connectivity index (χ4v) is 1.49. The van der Waals surface area contributed by atoms with Gasteiger partial charge in [-0.05, 0) is 24.8 Å². The first-order valence-corrected chi connectivity index (χ1v) is 5.95. The molecule has 1 aromatic rings. The normalized spacial score (nSPS) is 12.1. The van der Waals surface area contributed by atoms with E-state index in [-0.39, 0.29) is 5.56 Å². The molecule has 1 heterocycles. The van der Waals surface area contributed by atoms with Gasteiger partial charge in [-0.1, -0.05) is 20.3 Å². The van der Waals surface area contributed by atoms with Crippen molar-refractivity contribution in [2.75, 3.05) is 6.61 Å². The summed E-state index contributed by atoms with van der Waals surface area (Å²) < 4.78 is 5.47. The molecule has 17 heavy (non-hydrogen) atoms. The standard InChI is InChI=1S/C13H19NO3/c1-3-10(2)5-4-8-17-12-6-7-14-9-11(12)13(15)16/h6-7,9-10H,3-5,8H2,1-2H3,(H,15,16). The van der Waals surface area contributed by atoms with Gasteiger partial charge >= 0.3 is 5.97 Å². The Kier molecular flexibility index (Phi) is 5.46. The molecule has 0 aromatic carbocycles. The van der Waals surface area contributed by atoms with Crippen LogP contribution in [0.1, 0.15) is 43.5 Å². The number of aromatic carboxylic acids is 1. The number of carbonyl (C=O) groups is 1. The highest BCUT2D eigenvalue weighted by molar-refractivity contribution is 5.90. The summed E-state index contributed by atoms with van der Waals surface area (Å²) in [6.45, 7) is 4.92. The van der Waals surface area contributed by atoms with Crippen LogP contribution in [0.5, 0.6) is 5.75 Å². The number of nitrogens with zero attached hydrogens (tertiary/aromatic N) is 1. The molecule has 0 aliphatic heterocycles. The predicted molar refractivity (Wildman–Crippen MR) is 65.4 cm³/mol. The van der Waals surface area contributed by atoms with E-state index in [1.807, 2.05) is 0 Å². The smallest absolute Gasteiger partial charge is 0.341 e. The predicted octanol–water partition coefficient (Wildman–Crippen LogP) is 2.98. The molecule has 1 rings (SSSR count). The Morgan fingerprint density at radius 3 is 3.00 bits per heavy atom. The summed E-state index contributed by atoms with van der Waals surface area (Å²) in [5.41, 5.74) is 0.121. The van der Waals surface area contributed by atoms with Crippen LogP contribution in [-0.4, -0.2) is 22.7 Å². The Morgan fingerprint density at radius 1 is 1.59 bits per heavy atom. The second-order valence-corrected chi connectivity index (χ2v) is 4.18. The van der Waals surface area contributed by atoms with Gasteiger partial charge in [0.15, 0.2) is 0 Å². The van der Waals surface area contributed by atoms with Crippen molar-refractivity contribution in [3.05, 3.63) is 24.0 Å². The third kappa shape index (κ3) is 4.43. The van der Waals surface area contributed by atoms with Gasteiger partial charge in [0.25, 0.3) is 0 Å². The van der Waals surface area contributed by atoms with Crippen LogP contribution in [0.4, 0.5) is 0 Å². The van der Waals surface area contributed by atoms with Gasteiger partial charge in [0.05, 0.1) is 6.61 Å². The molecular weight excluding hydrogens is 218 g/mol. The van der Waals surface area contributed by atoms with Gasteiger partial charge in [0, 0.05) is 12.4 Å². The van der Waals surface area contributed by atoms with Gasteiger partial charge in [-0.15, -0.1) is 0 Å². The first kappa shape index (κ1) is 13.5. The summed E-state index contributed by atoms with van der Waals surface area (Å²) in [5.74, 6) is 0.0849. The van der Waals surface area contributed by atoms with Gasteiger partial charge in [-0.3, -0.25) is 4.98 Å². The van der Waals surface area contributed by atoms with Crippen molar-refractivity contribution in [1.29, 1.82) is 0 Å². The van der Waals surface area contributed by atoms with Crippen LogP contribution in [0, 0.1) is 5.92 Å². The van der Waals surface area contributed by atoms with Crippen molar-refractivity contribution in [3.8, 4) is 5.75 Å². The molecule has 0 bridgehead atoms. The molecule has 0 saturated carbocycles. The lowest BCUT2D eigenvalue weighted by atomic mass is 10.0. The Bertz CT molecular complexity index is 365. The maximum Gasteiger partial charge on any atom is 0.341 e. The van der Waals surface area contributed by atoms with Gasteiger partial charge in [-0.2, -0.15) is 0 Å². The molecular formula is C13H19NO3. The van der Waals surface area contributed by atoms with E-state index < -0.39 is 5.97 Å². The molecule has 4 nitrogen and oxygen atoms in total. The third-order valence-electron chi connectivity index (χ3n) is 2.81. The first-order chi connectivity index (χ1) is 8.15. The minimum Gasteiger partial charge on any atom is -0.493 e. The number of rotatable bonds is 7. The highest BCUT2D eigenvalue weighted by atomic mass is 16.5. The summed E-state index contributed by atoms with van der Waals surface area (Å²) in [5, 5.41) is 8.93. The maximum atomic E-state index is 10.9. The average Bonchev–Trinajstić information content (AvgIpc) is 2.34. The van der Waals surface area contributed by atoms with E-state index in [4.69, 9.17) is 9.84 Å². The SMILES string of the molecule is CCC(C)CCCOc1ccncc1C(=O)O. The fraction of sp³-hybridized carbons (Fsp3) is 0.538. The Labute approximate surface area is 102 Å². The highest BCUT2D eigenvalue weighted by Gasteiger charge is 2.10. The van der Waals surface area contributed by atoms with Crippen LogP contribution in [0.25, 0.3) is 0 Å². The molecule has 1 atom stereocenters. The topological polar surface area (TPSA) is 59.4 Å². The number of pyridine rings is 1. The molecule has 94 valence electrons. The third-order valence-corrected chi connectivity index (χ3v) is 2.81. The van der Waals surface area contributed by atoms with Crippen LogP contribution in [-0.2, 0) is 0 Å². The lowest BCUT2D eigenvalue weighted by Crippen LogP contribution is -2.06.